The Balaban J connectivity index is 1.01. The van der Waals surface area contributed by atoms with Crippen LogP contribution < -0.4 is 9.47 Å². The largest absolute Gasteiger partial charge is 0.457 e. The van der Waals surface area contributed by atoms with E-state index in [1.807, 2.05) is 111 Å². The average molecular weight is 589 g/mol. The van der Waals surface area contributed by atoms with Crippen LogP contribution in [0.25, 0.3) is 0 Å². The molecule has 0 spiro atoms. The molecule has 6 aromatic rings. The van der Waals surface area contributed by atoms with E-state index in [9.17, 15) is 9.59 Å². The van der Waals surface area contributed by atoms with Gasteiger partial charge in [0, 0.05) is 22.3 Å². The Labute approximate surface area is 263 Å². The molecule has 0 amide bonds. The number of benzene rings is 6. The third-order valence-electron chi connectivity index (χ3n) is 7.59. The molecule has 4 heteroatoms. The first-order valence-electron chi connectivity index (χ1n) is 14.9. The van der Waals surface area contributed by atoms with E-state index < -0.39 is 0 Å². The van der Waals surface area contributed by atoms with Gasteiger partial charge in [0.15, 0.2) is 11.6 Å². The average Bonchev–Trinajstić information content (AvgIpc) is 3.07. The van der Waals surface area contributed by atoms with Gasteiger partial charge in [-0.25, -0.2) is 0 Å². The zero-order valence-electron chi connectivity index (χ0n) is 25.2. The molecule has 0 saturated heterocycles. The lowest BCUT2D eigenvalue weighted by Gasteiger charge is -2.09. The Morgan fingerprint density at radius 1 is 0.378 bits per heavy atom. The van der Waals surface area contributed by atoms with E-state index in [4.69, 9.17) is 9.47 Å². The summed E-state index contributed by atoms with van der Waals surface area (Å²) in [4.78, 5) is 25.5. The molecule has 220 valence electrons. The van der Waals surface area contributed by atoms with Gasteiger partial charge in [0.05, 0.1) is 0 Å². The predicted octanol–water partition coefficient (Wildman–Crippen LogP) is 9.94. The molecule has 0 aliphatic heterocycles. The number of carbonyl (C=O) groups excluding carboxylic acids is 2. The van der Waals surface area contributed by atoms with E-state index in [1.54, 1.807) is 24.3 Å². The maximum absolute atomic E-state index is 12.7. The summed E-state index contributed by atoms with van der Waals surface area (Å²) in [7, 11) is 0. The fraction of sp³-hybridized carbons (Fsp3) is 0.0732. The predicted molar refractivity (Wildman–Crippen MR) is 178 cm³/mol. The Morgan fingerprint density at radius 3 is 0.911 bits per heavy atom. The van der Waals surface area contributed by atoms with E-state index in [-0.39, 0.29) is 11.6 Å². The number of hydrogen-bond donors (Lipinski definition) is 0. The quantitative estimate of drug-likeness (QED) is 0.149. The molecule has 0 N–H and O–H groups in total. The van der Waals surface area contributed by atoms with Crippen molar-refractivity contribution in [2.45, 2.75) is 20.3 Å². The molecule has 6 aromatic carbocycles. The second kappa shape index (κ2) is 13.3. The maximum atomic E-state index is 12.7. The summed E-state index contributed by atoms with van der Waals surface area (Å²) in [5, 5.41) is 0. The summed E-state index contributed by atoms with van der Waals surface area (Å²) in [6, 6.07) is 45.6. The zero-order chi connectivity index (χ0) is 31.2. The normalized spacial score (nSPS) is 10.7. The van der Waals surface area contributed by atoms with E-state index in [0.717, 1.165) is 40.2 Å². The van der Waals surface area contributed by atoms with Gasteiger partial charge in [-0.2, -0.15) is 0 Å². The lowest BCUT2D eigenvalue weighted by atomic mass is 10.0. The molecule has 0 atom stereocenters. The van der Waals surface area contributed by atoms with Crippen molar-refractivity contribution in [2.24, 2.45) is 0 Å². The van der Waals surface area contributed by atoms with E-state index in [0.29, 0.717) is 33.8 Å². The molecule has 0 unspecified atom stereocenters. The van der Waals surface area contributed by atoms with Crippen molar-refractivity contribution in [3.05, 3.63) is 190 Å². The van der Waals surface area contributed by atoms with Crippen molar-refractivity contribution in [2.75, 3.05) is 0 Å². The van der Waals surface area contributed by atoms with Crippen LogP contribution in [0, 0.1) is 13.8 Å². The number of hydrogen-bond acceptors (Lipinski definition) is 4. The van der Waals surface area contributed by atoms with Crippen LogP contribution >= 0.6 is 0 Å². The van der Waals surface area contributed by atoms with Gasteiger partial charge < -0.3 is 9.47 Å². The maximum Gasteiger partial charge on any atom is 0.193 e. The van der Waals surface area contributed by atoms with Crippen LogP contribution in [0.3, 0.4) is 0 Å². The SMILES string of the molecule is Cc1ccc(C(=O)c2ccc(Oc3ccc(Cc4ccc(Oc5ccc(C(=O)c6ccc(C)cc6)cc5)cc4)cc3)cc2)cc1. The summed E-state index contributed by atoms with van der Waals surface area (Å²) in [5.74, 6) is 2.79. The Morgan fingerprint density at radius 2 is 0.622 bits per heavy atom. The first-order valence-corrected chi connectivity index (χ1v) is 14.9. The van der Waals surface area contributed by atoms with Crippen LogP contribution in [-0.4, -0.2) is 11.6 Å². The summed E-state index contributed by atoms with van der Waals surface area (Å²) in [6.45, 7) is 4.00. The summed E-state index contributed by atoms with van der Waals surface area (Å²) in [5.41, 5.74) is 7.15. The smallest absolute Gasteiger partial charge is 0.193 e. The number of carbonyl (C=O) groups is 2. The van der Waals surface area contributed by atoms with Crippen LogP contribution in [0.2, 0.25) is 0 Å². The highest BCUT2D eigenvalue weighted by Crippen LogP contribution is 2.26. The zero-order valence-corrected chi connectivity index (χ0v) is 25.2. The number of ether oxygens (including phenoxy) is 2. The topological polar surface area (TPSA) is 52.6 Å². The van der Waals surface area contributed by atoms with Crippen LogP contribution in [0.1, 0.15) is 54.1 Å². The third-order valence-corrected chi connectivity index (χ3v) is 7.59. The molecule has 0 aliphatic carbocycles. The monoisotopic (exact) mass is 588 g/mol. The van der Waals surface area contributed by atoms with E-state index >= 15 is 0 Å². The van der Waals surface area contributed by atoms with Gasteiger partial charge in [-0.3, -0.25) is 9.59 Å². The minimum Gasteiger partial charge on any atom is -0.457 e. The highest BCUT2D eigenvalue weighted by Gasteiger charge is 2.11. The molecule has 0 aliphatic rings. The van der Waals surface area contributed by atoms with Gasteiger partial charge in [0.2, 0.25) is 0 Å². The number of rotatable bonds is 10. The van der Waals surface area contributed by atoms with Crippen LogP contribution in [0.5, 0.6) is 23.0 Å². The van der Waals surface area contributed by atoms with E-state index in [2.05, 4.69) is 24.3 Å². The molecule has 4 nitrogen and oxygen atoms in total. The van der Waals surface area contributed by atoms with Crippen molar-refractivity contribution >= 4 is 11.6 Å². The minimum atomic E-state index is -0.00794. The third kappa shape index (κ3) is 7.43. The standard InChI is InChI=1S/C41H32O4/c1-28-3-11-32(12-4-28)40(42)34-15-23-38(24-16-34)44-36-19-7-30(8-20-36)27-31-9-21-37(22-10-31)45-39-25-17-35(18-26-39)41(43)33-13-5-29(2)6-14-33/h3-26H,27H2,1-2H3. The Kier molecular flexibility index (Phi) is 8.65. The van der Waals surface area contributed by atoms with E-state index in [1.165, 1.54) is 0 Å². The molecule has 0 saturated carbocycles. The number of ketones is 2. The fourth-order valence-corrected chi connectivity index (χ4v) is 4.95. The molecule has 0 aromatic heterocycles. The van der Waals surface area contributed by atoms with Crippen LogP contribution in [-0.2, 0) is 6.42 Å². The summed E-state index contributed by atoms with van der Waals surface area (Å²) in [6.07, 6.45) is 0.770. The highest BCUT2D eigenvalue weighted by atomic mass is 16.5. The molecule has 0 fully saturated rings. The molecule has 45 heavy (non-hydrogen) atoms. The van der Waals surface area contributed by atoms with Gasteiger partial charge in [-0.05, 0) is 104 Å². The van der Waals surface area contributed by atoms with Crippen LogP contribution in [0.15, 0.2) is 146 Å². The molecule has 0 radical (unpaired) electrons. The number of aryl methyl sites for hydroxylation is 2. The lowest BCUT2D eigenvalue weighted by Crippen LogP contribution is -2.01. The van der Waals surface area contributed by atoms with Crippen molar-refractivity contribution in [3.63, 3.8) is 0 Å². The van der Waals surface area contributed by atoms with Gasteiger partial charge in [0.25, 0.3) is 0 Å². The Hall–Kier alpha value is -5.74. The van der Waals surface area contributed by atoms with Crippen LogP contribution in [0.4, 0.5) is 0 Å². The van der Waals surface area contributed by atoms with Gasteiger partial charge in [-0.1, -0.05) is 83.9 Å². The second-order valence-corrected chi connectivity index (χ2v) is 11.1. The van der Waals surface area contributed by atoms with Crippen molar-refractivity contribution < 1.29 is 19.1 Å². The second-order valence-electron chi connectivity index (χ2n) is 11.1. The van der Waals surface area contributed by atoms with Gasteiger partial charge >= 0.3 is 0 Å². The van der Waals surface area contributed by atoms with Gasteiger partial charge in [-0.15, -0.1) is 0 Å². The van der Waals surface area contributed by atoms with Crippen molar-refractivity contribution in [3.8, 4) is 23.0 Å². The van der Waals surface area contributed by atoms with Crippen molar-refractivity contribution in [1.29, 1.82) is 0 Å². The molecular weight excluding hydrogens is 556 g/mol. The lowest BCUT2D eigenvalue weighted by molar-refractivity contribution is 0.103. The first-order chi connectivity index (χ1) is 21.9. The molecule has 6 rings (SSSR count). The summed E-state index contributed by atoms with van der Waals surface area (Å²) >= 11 is 0. The summed E-state index contributed by atoms with van der Waals surface area (Å²) < 4.78 is 12.0. The molecular formula is C41H32O4. The van der Waals surface area contributed by atoms with Crippen molar-refractivity contribution in [1.82, 2.24) is 0 Å². The van der Waals surface area contributed by atoms with Gasteiger partial charge in [0.1, 0.15) is 23.0 Å². The Bertz CT molecular complexity index is 1760. The minimum absolute atomic E-state index is 0.00794. The molecule has 0 bridgehead atoms. The molecule has 0 heterocycles. The first kappa shape index (κ1) is 29.3. The fourth-order valence-electron chi connectivity index (χ4n) is 4.95. The highest BCUT2D eigenvalue weighted by molar-refractivity contribution is 6.09.